The van der Waals surface area contributed by atoms with Gasteiger partial charge in [-0.1, -0.05) is 35.6 Å². The molecule has 0 saturated heterocycles. The Labute approximate surface area is 249 Å². The van der Waals surface area contributed by atoms with Gasteiger partial charge in [0, 0.05) is 24.6 Å². The molecule has 2 aliphatic heterocycles. The van der Waals surface area contributed by atoms with Crippen molar-refractivity contribution in [2.24, 2.45) is 5.10 Å². The standard InChI is InChI=1S/C31H31N9O3/c1-5-38(6-2)22-16-17-27(33-20-22)39-30(41)34-24-13-7-8-14-25(24)43-31(39)28(32-4)37-40-29(31)35-26(36-40)15-10-18-42-23-12-9-11-21(3)19-23/h7-9,11-14,16-17,19-20H,5-6,10,15,18H2,1-3H3,(H,34,41). The summed E-state index contributed by atoms with van der Waals surface area (Å²) in [7, 11) is 0. The van der Waals surface area contributed by atoms with Crippen LogP contribution in [-0.2, 0) is 12.1 Å². The van der Waals surface area contributed by atoms with Crippen LogP contribution >= 0.6 is 0 Å². The number of amidine groups is 1. The number of aromatic nitrogens is 4. The lowest BCUT2D eigenvalue weighted by Crippen LogP contribution is -2.57. The normalized spacial score (nSPS) is 16.8. The van der Waals surface area contributed by atoms with Crippen LogP contribution < -0.4 is 24.6 Å². The molecule has 1 atom stereocenters. The number of carbonyl (C=O) groups is 1. The quantitative estimate of drug-likeness (QED) is 0.214. The SMILES string of the molecule is [C-]#[N+]C1=Nn2nc(CCCOc3cccc(C)c3)nc2C12Oc1ccccc1NC(=O)N2c1ccc(N(CC)CC)cn1. The zero-order chi connectivity index (χ0) is 30.0. The van der Waals surface area contributed by atoms with Gasteiger partial charge in [-0.15, -0.1) is 5.10 Å². The van der Waals surface area contributed by atoms with E-state index < -0.39 is 11.8 Å². The number of hydrogen-bond acceptors (Lipinski definition) is 8. The van der Waals surface area contributed by atoms with E-state index in [0.29, 0.717) is 36.7 Å². The summed E-state index contributed by atoms with van der Waals surface area (Å²) in [4.78, 5) is 31.8. The number of rotatable bonds is 9. The molecule has 4 aromatic rings. The lowest BCUT2D eigenvalue weighted by atomic mass is 10.1. The van der Waals surface area contributed by atoms with Crippen molar-refractivity contribution >= 4 is 29.1 Å². The molecule has 1 spiro atoms. The predicted molar refractivity (Wildman–Crippen MR) is 162 cm³/mol. The third-order valence-corrected chi connectivity index (χ3v) is 7.33. The van der Waals surface area contributed by atoms with Crippen LogP contribution in [0.1, 0.15) is 37.5 Å². The highest BCUT2D eigenvalue weighted by molar-refractivity contribution is 6.13. The van der Waals surface area contributed by atoms with Gasteiger partial charge in [-0.25, -0.2) is 19.7 Å². The molecule has 0 bridgehead atoms. The van der Waals surface area contributed by atoms with Crippen molar-refractivity contribution in [2.45, 2.75) is 39.3 Å². The van der Waals surface area contributed by atoms with Gasteiger partial charge in [0.25, 0.3) is 0 Å². The molecule has 1 unspecified atom stereocenters. The minimum absolute atomic E-state index is 0.113. The van der Waals surface area contributed by atoms with E-state index in [2.05, 4.69) is 44.1 Å². The highest BCUT2D eigenvalue weighted by Crippen LogP contribution is 2.44. The fourth-order valence-electron chi connectivity index (χ4n) is 5.23. The molecule has 0 radical (unpaired) electrons. The van der Waals surface area contributed by atoms with E-state index in [-0.39, 0.29) is 17.5 Å². The van der Waals surface area contributed by atoms with Crippen molar-refractivity contribution in [1.82, 2.24) is 19.9 Å². The highest BCUT2D eigenvalue weighted by Gasteiger charge is 2.61. The Hall–Kier alpha value is -5.44. The van der Waals surface area contributed by atoms with E-state index in [1.165, 1.54) is 9.69 Å². The maximum atomic E-state index is 14.0. The molecule has 0 aliphatic carbocycles. The molecule has 43 heavy (non-hydrogen) atoms. The number of fused-ring (bicyclic) bond motifs is 3. The first kappa shape index (κ1) is 27.7. The molecule has 2 aromatic carbocycles. The second-order valence-electron chi connectivity index (χ2n) is 10.1. The number of benzene rings is 2. The van der Waals surface area contributed by atoms with E-state index in [0.717, 1.165) is 30.1 Å². The molecule has 2 aromatic heterocycles. The summed E-state index contributed by atoms with van der Waals surface area (Å²) in [6, 6.07) is 18.0. The second kappa shape index (κ2) is 11.4. The third-order valence-electron chi connectivity index (χ3n) is 7.33. The fourth-order valence-corrected chi connectivity index (χ4v) is 5.23. The van der Waals surface area contributed by atoms with E-state index >= 15 is 0 Å². The number of pyridine rings is 1. The molecule has 0 saturated carbocycles. The number of ether oxygens (including phenoxy) is 2. The summed E-state index contributed by atoms with van der Waals surface area (Å²) >= 11 is 0. The van der Waals surface area contributed by atoms with Gasteiger partial charge in [-0.05, 0) is 69.2 Å². The molecule has 12 nitrogen and oxygen atoms in total. The van der Waals surface area contributed by atoms with Crippen molar-refractivity contribution in [1.29, 1.82) is 0 Å². The Bertz CT molecular complexity index is 1720. The molecule has 2 aliphatic rings. The number of carbonyl (C=O) groups excluding carboxylic acids is 1. The first-order valence-electron chi connectivity index (χ1n) is 14.2. The van der Waals surface area contributed by atoms with Crippen molar-refractivity contribution in [3.8, 4) is 11.5 Å². The average Bonchev–Trinajstić information content (AvgIpc) is 3.50. The summed E-state index contributed by atoms with van der Waals surface area (Å²) in [6.07, 6.45) is 2.84. The van der Waals surface area contributed by atoms with Gasteiger partial charge in [0.1, 0.15) is 17.3 Å². The number of nitrogens with one attached hydrogen (secondary N) is 1. The van der Waals surface area contributed by atoms with Gasteiger partial charge in [-0.2, -0.15) is 0 Å². The van der Waals surface area contributed by atoms with Gasteiger partial charge in [0.05, 0.1) is 24.2 Å². The molecule has 0 fully saturated rings. The van der Waals surface area contributed by atoms with Crippen LogP contribution in [0, 0.1) is 13.5 Å². The van der Waals surface area contributed by atoms with E-state index in [1.54, 1.807) is 36.5 Å². The topological polar surface area (TPSA) is 114 Å². The van der Waals surface area contributed by atoms with Gasteiger partial charge in [-0.3, -0.25) is 0 Å². The highest BCUT2D eigenvalue weighted by atomic mass is 16.5. The number of anilines is 3. The Morgan fingerprint density at radius 2 is 1.95 bits per heavy atom. The number of aryl methyl sites for hydroxylation is 2. The van der Waals surface area contributed by atoms with Crippen molar-refractivity contribution in [2.75, 3.05) is 34.8 Å². The summed E-state index contributed by atoms with van der Waals surface area (Å²) in [5.74, 6) is 1.99. The Morgan fingerprint density at radius 1 is 1.12 bits per heavy atom. The lowest BCUT2D eigenvalue weighted by Gasteiger charge is -2.35. The van der Waals surface area contributed by atoms with Crippen LogP contribution in [0.3, 0.4) is 0 Å². The summed E-state index contributed by atoms with van der Waals surface area (Å²) in [5, 5.41) is 11.9. The molecular weight excluding hydrogens is 546 g/mol. The van der Waals surface area contributed by atoms with Crippen molar-refractivity contribution in [3.05, 3.63) is 95.5 Å². The van der Waals surface area contributed by atoms with Crippen molar-refractivity contribution in [3.63, 3.8) is 0 Å². The zero-order valence-corrected chi connectivity index (χ0v) is 24.2. The first-order valence-corrected chi connectivity index (χ1v) is 14.2. The number of urea groups is 1. The summed E-state index contributed by atoms with van der Waals surface area (Å²) in [6.45, 7) is 16.2. The second-order valence-corrected chi connectivity index (χ2v) is 10.1. The van der Waals surface area contributed by atoms with Crippen LogP contribution in [0.5, 0.6) is 11.5 Å². The third kappa shape index (κ3) is 4.99. The molecule has 4 heterocycles. The molecule has 218 valence electrons. The lowest BCUT2D eigenvalue weighted by molar-refractivity contribution is 0.139. The van der Waals surface area contributed by atoms with Crippen LogP contribution in [0.15, 0.2) is 72.0 Å². The molecule has 1 N–H and O–H groups in total. The van der Waals surface area contributed by atoms with Crippen LogP contribution in [-0.4, -0.2) is 51.4 Å². The Kier molecular flexibility index (Phi) is 7.38. The minimum Gasteiger partial charge on any atom is -0.494 e. The zero-order valence-electron chi connectivity index (χ0n) is 24.2. The van der Waals surface area contributed by atoms with Gasteiger partial charge < -0.3 is 24.5 Å². The first-order chi connectivity index (χ1) is 21.0. The van der Waals surface area contributed by atoms with Gasteiger partial charge >= 0.3 is 17.6 Å². The smallest absolute Gasteiger partial charge is 0.346 e. The maximum Gasteiger partial charge on any atom is 0.346 e. The van der Waals surface area contributed by atoms with E-state index in [9.17, 15) is 4.79 Å². The predicted octanol–water partition coefficient (Wildman–Crippen LogP) is 5.22. The number of nitrogens with zero attached hydrogens (tertiary/aromatic N) is 8. The summed E-state index contributed by atoms with van der Waals surface area (Å²) < 4.78 is 12.5. The Balaban J connectivity index is 1.37. The Morgan fingerprint density at radius 3 is 2.70 bits per heavy atom. The van der Waals surface area contributed by atoms with Gasteiger partial charge in [0.15, 0.2) is 5.82 Å². The van der Waals surface area contributed by atoms with Crippen LogP contribution in [0.2, 0.25) is 0 Å². The molecule has 12 heteroatoms. The fraction of sp³-hybridized carbons (Fsp3) is 0.290. The monoisotopic (exact) mass is 577 g/mol. The minimum atomic E-state index is -1.84. The molecule has 2 amide bonds. The van der Waals surface area contributed by atoms with Crippen LogP contribution in [0.4, 0.5) is 22.0 Å². The molecule has 6 rings (SSSR count). The largest absolute Gasteiger partial charge is 0.494 e. The van der Waals surface area contributed by atoms with E-state index in [1.807, 2.05) is 37.3 Å². The summed E-state index contributed by atoms with van der Waals surface area (Å²) in [5.41, 5.74) is 0.640. The average molecular weight is 578 g/mol. The van der Waals surface area contributed by atoms with E-state index in [4.69, 9.17) is 21.0 Å². The van der Waals surface area contributed by atoms with Crippen LogP contribution in [0.25, 0.3) is 4.85 Å². The number of amides is 2. The maximum absolute atomic E-state index is 14.0. The van der Waals surface area contributed by atoms with Gasteiger partial charge in [0.2, 0.25) is 5.82 Å². The number of hydrogen-bond donors (Lipinski definition) is 1. The van der Waals surface area contributed by atoms with Crippen molar-refractivity contribution < 1.29 is 14.3 Å². The molecular formula is C31H31N9O3. The number of para-hydroxylation sites is 2.